The van der Waals surface area contributed by atoms with Crippen LogP contribution in [0.1, 0.15) is 61.3 Å². The fourth-order valence-electron chi connectivity index (χ4n) is 9.60. The van der Waals surface area contributed by atoms with Gasteiger partial charge in [-0.2, -0.15) is 0 Å². The average molecular weight is 709 g/mol. The van der Waals surface area contributed by atoms with Crippen LogP contribution in [0.5, 0.6) is 0 Å². The molecule has 2 aliphatic rings. The summed E-state index contributed by atoms with van der Waals surface area (Å²) in [6, 6.07) is 52.8. The molecule has 1 fully saturated rings. The number of aryl methyl sites for hydroxylation is 1. The Bertz CT molecular complexity index is 3020. The van der Waals surface area contributed by atoms with Gasteiger partial charge in [0, 0.05) is 32.7 Å². The summed E-state index contributed by atoms with van der Waals surface area (Å²) in [5.74, 6) is 1.29. The highest BCUT2D eigenvalue weighted by Gasteiger charge is 2.36. The van der Waals surface area contributed by atoms with Gasteiger partial charge in [0.2, 0.25) is 0 Å². The Morgan fingerprint density at radius 1 is 0.564 bits per heavy atom. The molecule has 0 N–H and O–H groups in total. The zero-order valence-electron chi connectivity index (χ0n) is 31.4. The first-order valence-corrected chi connectivity index (χ1v) is 19.6. The Morgan fingerprint density at radius 2 is 1.25 bits per heavy atom. The average Bonchev–Trinajstić information content (AvgIpc) is 3.69. The number of hydrogen-bond acceptors (Lipinski definition) is 3. The molecule has 264 valence electrons. The molecule has 55 heavy (non-hydrogen) atoms. The summed E-state index contributed by atoms with van der Waals surface area (Å²) < 4.78 is 6.35. The predicted octanol–water partition coefficient (Wildman–Crippen LogP) is 14.1. The van der Waals surface area contributed by atoms with E-state index in [-0.39, 0.29) is 5.41 Å². The van der Waals surface area contributed by atoms with Crippen molar-refractivity contribution in [3.63, 3.8) is 0 Å². The monoisotopic (exact) mass is 708 g/mol. The van der Waals surface area contributed by atoms with Gasteiger partial charge in [-0.25, -0.2) is 9.97 Å². The second-order valence-corrected chi connectivity index (χ2v) is 16.0. The lowest BCUT2D eigenvalue weighted by atomic mass is 9.76. The Kier molecular flexibility index (Phi) is 7.07. The molecule has 11 rings (SSSR count). The number of para-hydroxylation sites is 1. The van der Waals surface area contributed by atoms with E-state index in [1.54, 1.807) is 0 Å². The van der Waals surface area contributed by atoms with Gasteiger partial charge in [-0.15, -0.1) is 0 Å². The van der Waals surface area contributed by atoms with Crippen molar-refractivity contribution in [2.24, 2.45) is 0 Å². The molecule has 0 saturated heterocycles. The molecule has 0 atom stereocenters. The van der Waals surface area contributed by atoms with Gasteiger partial charge in [-0.3, -0.25) is 0 Å². The Labute approximate surface area is 321 Å². The topological polar surface area (TPSA) is 38.9 Å². The van der Waals surface area contributed by atoms with Gasteiger partial charge in [0.05, 0.1) is 11.2 Å². The van der Waals surface area contributed by atoms with Gasteiger partial charge in [0.1, 0.15) is 11.2 Å². The number of fused-ring (bicyclic) bond motifs is 7. The van der Waals surface area contributed by atoms with Crippen LogP contribution in [-0.2, 0) is 5.41 Å². The van der Waals surface area contributed by atoms with Crippen molar-refractivity contribution in [2.45, 2.75) is 51.4 Å². The van der Waals surface area contributed by atoms with E-state index in [2.05, 4.69) is 148 Å². The highest BCUT2D eigenvalue weighted by molar-refractivity contribution is 6.12. The molecule has 0 spiro atoms. The van der Waals surface area contributed by atoms with Gasteiger partial charge in [-0.05, 0) is 106 Å². The van der Waals surface area contributed by atoms with Crippen molar-refractivity contribution < 1.29 is 4.42 Å². The molecule has 2 aliphatic carbocycles. The molecule has 2 aromatic heterocycles. The van der Waals surface area contributed by atoms with Crippen molar-refractivity contribution in [2.75, 3.05) is 0 Å². The van der Waals surface area contributed by atoms with Gasteiger partial charge in [-0.1, -0.05) is 142 Å². The lowest BCUT2D eigenvalue weighted by Gasteiger charge is -2.29. The smallest absolute Gasteiger partial charge is 0.161 e. The van der Waals surface area contributed by atoms with Crippen molar-refractivity contribution in [3.8, 4) is 56.0 Å². The molecular formula is C52H40N2O. The van der Waals surface area contributed by atoms with Crippen LogP contribution in [0.2, 0.25) is 0 Å². The van der Waals surface area contributed by atoms with Crippen LogP contribution in [0, 0.1) is 6.92 Å². The van der Waals surface area contributed by atoms with Crippen LogP contribution in [0.4, 0.5) is 0 Å². The van der Waals surface area contributed by atoms with Crippen LogP contribution < -0.4 is 0 Å². The normalized spacial score (nSPS) is 14.7. The van der Waals surface area contributed by atoms with Gasteiger partial charge in [0.25, 0.3) is 0 Å². The lowest BCUT2D eigenvalue weighted by Crippen LogP contribution is -2.14. The maximum Gasteiger partial charge on any atom is 0.161 e. The van der Waals surface area contributed by atoms with E-state index >= 15 is 0 Å². The Hall–Kier alpha value is -6.32. The van der Waals surface area contributed by atoms with E-state index in [0.29, 0.717) is 11.7 Å². The number of furan rings is 1. The summed E-state index contributed by atoms with van der Waals surface area (Å²) in [5, 5.41) is 3.16. The maximum atomic E-state index is 6.35. The van der Waals surface area contributed by atoms with Crippen LogP contribution in [0.3, 0.4) is 0 Å². The SMILES string of the molecule is Cc1cccc(-c2nc(-c3cccc4oc5ccccc5c34)nc3ccc(-c4cccc5c4-c4ccccc4C5(C)C)cc23)c1-c1ccccc1C1CCC1. The number of hydrogen-bond donors (Lipinski definition) is 0. The zero-order valence-corrected chi connectivity index (χ0v) is 31.4. The molecule has 7 aromatic carbocycles. The van der Waals surface area contributed by atoms with Crippen molar-refractivity contribution in [1.82, 2.24) is 9.97 Å². The summed E-state index contributed by atoms with van der Waals surface area (Å²) in [6.07, 6.45) is 3.78. The minimum atomic E-state index is -0.0788. The lowest BCUT2D eigenvalue weighted by molar-refractivity contribution is 0.420. The van der Waals surface area contributed by atoms with Crippen LogP contribution in [-0.4, -0.2) is 9.97 Å². The molecule has 0 amide bonds. The fraction of sp³-hybridized carbons (Fsp3) is 0.154. The highest BCUT2D eigenvalue weighted by atomic mass is 16.3. The van der Waals surface area contributed by atoms with E-state index in [9.17, 15) is 0 Å². The molecule has 3 nitrogen and oxygen atoms in total. The second-order valence-electron chi connectivity index (χ2n) is 16.0. The van der Waals surface area contributed by atoms with E-state index < -0.39 is 0 Å². The van der Waals surface area contributed by atoms with Crippen molar-refractivity contribution in [1.29, 1.82) is 0 Å². The number of benzene rings is 7. The zero-order chi connectivity index (χ0) is 36.8. The van der Waals surface area contributed by atoms with Crippen LogP contribution in [0.15, 0.2) is 150 Å². The first kappa shape index (κ1) is 32.1. The summed E-state index contributed by atoms with van der Waals surface area (Å²) >= 11 is 0. The van der Waals surface area contributed by atoms with E-state index in [1.165, 1.54) is 74.9 Å². The van der Waals surface area contributed by atoms with Crippen LogP contribution >= 0.6 is 0 Å². The summed E-state index contributed by atoms with van der Waals surface area (Å²) in [4.78, 5) is 11.0. The second kappa shape index (κ2) is 12.1. The Morgan fingerprint density at radius 3 is 2.13 bits per heavy atom. The molecule has 0 bridgehead atoms. The van der Waals surface area contributed by atoms with E-state index in [1.807, 2.05) is 18.2 Å². The largest absolute Gasteiger partial charge is 0.456 e. The van der Waals surface area contributed by atoms with Crippen molar-refractivity contribution >= 4 is 32.8 Å². The number of nitrogens with zero attached hydrogens (tertiary/aromatic N) is 2. The predicted molar refractivity (Wildman–Crippen MR) is 227 cm³/mol. The summed E-state index contributed by atoms with van der Waals surface area (Å²) in [7, 11) is 0. The summed E-state index contributed by atoms with van der Waals surface area (Å²) in [5.41, 5.74) is 18.6. The van der Waals surface area contributed by atoms with Gasteiger partial charge >= 0.3 is 0 Å². The molecular weight excluding hydrogens is 669 g/mol. The first-order valence-electron chi connectivity index (χ1n) is 19.6. The minimum absolute atomic E-state index is 0.0788. The standard InChI is InChI=1S/C52H40N2O/c1-31-14-10-22-39(47(31)36-18-5-4-17-34(36)32-15-11-16-32)50-41-30-33(35-21-12-25-43-48(35)37-19-6-8-24-42(37)52(43,2)3)28-29-44(41)53-51(54-50)40-23-13-27-46-49(40)38-20-7-9-26-45(38)55-46/h4-10,12-14,17-30,32H,11,15-16H2,1-3H3. The van der Waals surface area contributed by atoms with Crippen molar-refractivity contribution in [3.05, 3.63) is 168 Å². The molecule has 2 heterocycles. The minimum Gasteiger partial charge on any atom is -0.456 e. The molecule has 0 radical (unpaired) electrons. The Balaban J connectivity index is 1.20. The third-order valence-corrected chi connectivity index (χ3v) is 12.6. The van der Waals surface area contributed by atoms with E-state index in [0.717, 1.165) is 49.7 Å². The van der Waals surface area contributed by atoms with Gasteiger partial charge < -0.3 is 4.42 Å². The fourth-order valence-corrected chi connectivity index (χ4v) is 9.60. The molecule has 1 saturated carbocycles. The van der Waals surface area contributed by atoms with E-state index in [4.69, 9.17) is 14.4 Å². The van der Waals surface area contributed by atoms with Crippen LogP contribution in [0.25, 0.3) is 88.9 Å². The number of aromatic nitrogens is 2. The number of rotatable bonds is 5. The summed E-state index contributed by atoms with van der Waals surface area (Å²) in [6.45, 7) is 6.94. The highest BCUT2D eigenvalue weighted by Crippen LogP contribution is 2.52. The maximum absolute atomic E-state index is 6.35. The first-order chi connectivity index (χ1) is 27.0. The molecule has 0 aliphatic heterocycles. The molecule has 9 aromatic rings. The molecule has 3 heteroatoms. The quantitative estimate of drug-likeness (QED) is 0.179. The third-order valence-electron chi connectivity index (χ3n) is 12.6. The third kappa shape index (κ3) is 4.82. The molecule has 0 unspecified atom stereocenters. The van der Waals surface area contributed by atoms with Gasteiger partial charge in [0.15, 0.2) is 5.82 Å².